The first kappa shape index (κ1) is 37.2. The molecule has 3 aromatic heterocycles. The van der Waals surface area contributed by atoms with Gasteiger partial charge < -0.3 is 13.7 Å². The van der Waals surface area contributed by atoms with Gasteiger partial charge in [-0.25, -0.2) is 9.98 Å². The summed E-state index contributed by atoms with van der Waals surface area (Å²) in [5.74, 6) is 0.578. The van der Waals surface area contributed by atoms with Gasteiger partial charge in [-0.1, -0.05) is 152 Å². The van der Waals surface area contributed by atoms with Crippen molar-refractivity contribution in [2.75, 3.05) is 0 Å². The molecule has 9 aromatic carbocycles. The van der Waals surface area contributed by atoms with Crippen molar-refractivity contribution in [1.29, 1.82) is 0 Å². The van der Waals surface area contributed by atoms with Crippen LogP contribution in [0.1, 0.15) is 23.6 Å². The maximum Gasteiger partial charge on any atom is 0.160 e. The van der Waals surface area contributed by atoms with Gasteiger partial charge in [0.1, 0.15) is 0 Å². The summed E-state index contributed by atoms with van der Waals surface area (Å²) in [7, 11) is 0. The van der Waals surface area contributed by atoms with E-state index in [1.54, 1.807) is 0 Å². The summed E-state index contributed by atoms with van der Waals surface area (Å²) in [4.78, 5) is 10.8. The second-order valence-electron chi connectivity index (χ2n) is 16.3. The molecular weight excluding hydrogens is 779 g/mol. The minimum Gasteiger partial charge on any atom is -0.309 e. The third kappa shape index (κ3) is 6.09. The van der Waals surface area contributed by atoms with Gasteiger partial charge in [0.05, 0.1) is 38.8 Å². The molecule has 0 spiro atoms. The standard InChI is InChI=1S/C59H41N5/c1-39(41-18-15-21-44(36-41)62-53-30-9-3-24-47(53)48-25-4-10-31-54(48)62)60-59(43-20-17-23-46(38-43)64-57-34-13-7-28-51(57)52-29-8-14-35-58(52)64)61-40(2)42-19-16-22-45(37-42)63-55-32-11-5-26-49(55)50-27-6-12-33-56(50)63/h3-38H,1H2,2H3. The van der Waals surface area contributed by atoms with Crippen LogP contribution in [0.15, 0.2) is 235 Å². The number of para-hydroxylation sites is 6. The molecule has 0 aliphatic heterocycles. The van der Waals surface area contributed by atoms with Gasteiger partial charge in [-0.2, -0.15) is 0 Å². The fourth-order valence-electron chi connectivity index (χ4n) is 9.65. The Bertz CT molecular complexity index is 3730. The molecule has 12 aromatic rings. The van der Waals surface area contributed by atoms with Gasteiger partial charge in [-0.05, 0) is 85.3 Å². The van der Waals surface area contributed by atoms with Crippen molar-refractivity contribution in [3.63, 3.8) is 0 Å². The Labute approximate surface area is 370 Å². The number of amidine groups is 1. The molecule has 0 amide bonds. The summed E-state index contributed by atoms with van der Waals surface area (Å²) in [5, 5.41) is 7.33. The van der Waals surface area contributed by atoms with Crippen LogP contribution in [0, 0.1) is 0 Å². The molecule has 0 bridgehead atoms. The molecule has 0 atom stereocenters. The number of nitrogens with zero attached hydrogens (tertiary/aromatic N) is 5. The molecular formula is C59H41N5. The van der Waals surface area contributed by atoms with E-state index in [4.69, 9.17) is 9.98 Å². The predicted octanol–water partition coefficient (Wildman–Crippen LogP) is 14.9. The highest BCUT2D eigenvalue weighted by Gasteiger charge is 2.17. The number of aromatic nitrogens is 3. The molecule has 0 fully saturated rings. The lowest BCUT2D eigenvalue weighted by atomic mass is 10.1. The van der Waals surface area contributed by atoms with E-state index in [0.29, 0.717) is 11.5 Å². The van der Waals surface area contributed by atoms with Gasteiger partial charge in [0, 0.05) is 66.2 Å². The molecule has 5 heteroatoms. The van der Waals surface area contributed by atoms with Crippen LogP contribution >= 0.6 is 0 Å². The van der Waals surface area contributed by atoms with Crippen LogP contribution in [0.5, 0.6) is 0 Å². The second-order valence-corrected chi connectivity index (χ2v) is 16.3. The Morgan fingerprint density at radius 1 is 0.328 bits per heavy atom. The number of fused-ring (bicyclic) bond motifs is 9. The fourth-order valence-corrected chi connectivity index (χ4v) is 9.65. The Morgan fingerprint density at radius 2 is 0.625 bits per heavy atom. The smallest absolute Gasteiger partial charge is 0.160 e. The van der Waals surface area contributed by atoms with Gasteiger partial charge in [-0.3, -0.25) is 0 Å². The summed E-state index contributed by atoms with van der Waals surface area (Å²) in [6.45, 7) is 6.68. The number of hydrogen-bond donors (Lipinski definition) is 0. The van der Waals surface area contributed by atoms with Crippen molar-refractivity contribution < 1.29 is 0 Å². The van der Waals surface area contributed by atoms with Crippen LogP contribution in [0.4, 0.5) is 0 Å². The summed E-state index contributed by atoms with van der Waals surface area (Å²) in [6, 6.07) is 77.3. The molecule has 3 heterocycles. The average molecular weight is 820 g/mol. The van der Waals surface area contributed by atoms with Crippen LogP contribution in [-0.2, 0) is 0 Å². The molecule has 0 radical (unpaired) electrons. The minimum absolute atomic E-state index is 0.578. The first-order valence-corrected chi connectivity index (χ1v) is 21.7. The summed E-state index contributed by atoms with van der Waals surface area (Å²) in [6.07, 6.45) is 0. The van der Waals surface area contributed by atoms with Gasteiger partial charge in [0.25, 0.3) is 0 Å². The van der Waals surface area contributed by atoms with Crippen LogP contribution in [-0.4, -0.2) is 25.2 Å². The highest BCUT2D eigenvalue weighted by Crippen LogP contribution is 2.35. The zero-order valence-corrected chi connectivity index (χ0v) is 35.2. The van der Waals surface area contributed by atoms with Crippen LogP contribution in [0.3, 0.4) is 0 Å². The molecule has 0 saturated carbocycles. The highest BCUT2D eigenvalue weighted by atomic mass is 15.0. The predicted molar refractivity (Wildman–Crippen MR) is 270 cm³/mol. The Balaban J connectivity index is 1.01. The number of aliphatic imine (C=N–C) groups is 2. The molecule has 0 aliphatic carbocycles. The molecule has 0 saturated heterocycles. The Kier molecular flexibility index (Phi) is 8.80. The van der Waals surface area contributed by atoms with Gasteiger partial charge in [0.15, 0.2) is 5.84 Å². The van der Waals surface area contributed by atoms with Crippen molar-refractivity contribution in [2.45, 2.75) is 6.92 Å². The van der Waals surface area contributed by atoms with Crippen molar-refractivity contribution in [3.05, 3.63) is 242 Å². The van der Waals surface area contributed by atoms with Crippen LogP contribution in [0.25, 0.3) is 88.2 Å². The van der Waals surface area contributed by atoms with Crippen molar-refractivity contribution in [3.8, 4) is 17.1 Å². The van der Waals surface area contributed by atoms with Gasteiger partial charge >= 0.3 is 0 Å². The van der Waals surface area contributed by atoms with E-state index in [2.05, 4.69) is 246 Å². The lowest BCUT2D eigenvalue weighted by molar-refractivity contribution is 1.17. The molecule has 0 unspecified atom stereocenters. The third-order valence-corrected chi connectivity index (χ3v) is 12.6. The maximum atomic E-state index is 5.41. The van der Waals surface area contributed by atoms with Crippen molar-refractivity contribution in [2.24, 2.45) is 9.98 Å². The Hall–Kier alpha value is -8.54. The number of benzene rings is 9. The summed E-state index contributed by atoms with van der Waals surface area (Å²) >= 11 is 0. The van der Waals surface area contributed by atoms with E-state index in [1.165, 1.54) is 43.4 Å². The first-order chi connectivity index (χ1) is 31.6. The van der Waals surface area contributed by atoms with Crippen LogP contribution in [0.2, 0.25) is 0 Å². The molecule has 64 heavy (non-hydrogen) atoms. The van der Waals surface area contributed by atoms with E-state index in [1.807, 2.05) is 0 Å². The monoisotopic (exact) mass is 819 g/mol. The zero-order valence-electron chi connectivity index (χ0n) is 35.2. The summed E-state index contributed by atoms with van der Waals surface area (Å²) < 4.78 is 7.01. The lowest BCUT2D eigenvalue weighted by Crippen LogP contribution is -2.06. The van der Waals surface area contributed by atoms with Crippen molar-refractivity contribution >= 4 is 82.7 Å². The third-order valence-electron chi connectivity index (χ3n) is 12.6. The second kappa shape index (κ2) is 15.1. The van der Waals surface area contributed by atoms with E-state index in [-0.39, 0.29) is 0 Å². The molecule has 5 nitrogen and oxygen atoms in total. The quantitative estimate of drug-likeness (QED) is 0.114. The number of rotatable bonds is 7. The maximum absolute atomic E-state index is 5.41. The fraction of sp³-hybridized carbons (Fsp3) is 0.0169. The van der Waals surface area contributed by atoms with Crippen LogP contribution < -0.4 is 0 Å². The van der Waals surface area contributed by atoms with E-state index in [0.717, 1.165) is 61.5 Å². The van der Waals surface area contributed by atoms with Crippen molar-refractivity contribution in [1.82, 2.24) is 13.7 Å². The molecule has 0 aliphatic rings. The van der Waals surface area contributed by atoms with E-state index >= 15 is 0 Å². The lowest BCUT2D eigenvalue weighted by Gasteiger charge is -2.13. The molecule has 0 N–H and O–H groups in total. The molecule has 302 valence electrons. The minimum atomic E-state index is 0.578. The average Bonchev–Trinajstić information content (AvgIpc) is 4.00. The summed E-state index contributed by atoms with van der Waals surface area (Å²) in [5.41, 5.74) is 14.3. The zero-order chi connectivity index (χ0) is 42.7. The normalized spacial score (nSPS) is 12.4. The Morgan fingerprint density at radius 3 is 1.00 bits per heavy atom. The highest BCUT2D eigenvalue weighted by molar-refractivity contribution is 6.15. The first-order valence-electron chi connectivity index (χ1n) is 21.7. The van der Waals surface area contributed by atoms with E-state index < -0.39 is 0 Å². The van der Waals surface area contributed by atoms with E-state index in [9.17, 15) is 0 Å². The van der Waals surface area contributed by atoms with Gasteiger partial charge in [-0.15, -0.1) is 0 Å². The largest absolute Gasteiger partial charge is 0.309 e. The molecule has 12 rings (SSSR count). The number of hydrogen-bond acceptors (Lipinski definition) is 1. The topological polar surface area (TPSA) is 39.5 Å². The SMILES string of the molecule is C=C(N=C(N=C(C)c1cccc(-n2c3ccccc3c3ccccc32)c1)c1cccc(-n2c3ccccc3c3ccccc32)c1)c1cccc(-n2c3ccccc3c3ccccc32)c1. The van der Waals surface area contributed by atoms with Gasteiger partial charge in [0.2, 0.25) is 0 Å².